The SMILES string of the molecule is C=CCOC1C2COC(O2)C(O)C1OCc1ccccc1. The number of aliphatic hydroxyl groups excluding tert-OH is 1. The predicted molar refractivity (Wildman–Crippen MR) is 75.6 cm³/mol. The van der Waals surface area contributed by atoms with Crippen molar-refractivity contribution in [2.24, 2.45) is 0 Å². The molecule has 2 saturated heterocycles. The minimum absolute atomic E-state index is 0.209. The molecule has 0 spiro atoms. The lowest BCUT2D eigenvalue weighted by Crippen LogP contribution is -2.56. The van der Waals surface area contributed by atoms with E-state index in [1.807, 2.05) is 30.3 Å². The number of rotatable bonds is 6. The second kappa shape index (κ2) is 6.68. The lowest BCUT2D eigenvalue weighted by Gasteiger charge is -2.38. The van der Waals surface area contributed by atoms with Crippen molar-refractivity contribution < 1.29 is 24.1 Å². The number of hydrogen-bond donors (Lipinski definition) is 1. The number of benzene rings is 1. The number of hydrogen-bond acceptors (Lipinski definition) is 5. The van der Waals surface area contributed by atoms with Gasteiger partial charge in [-0.15, -0.1) is 6.58 Å². The van der Waals surface area contributed by atoms with Crippen LogP contribution < -0.4 is 0 Å². The highest BCUT2D eigenvalue weighted by Gasteiger charge is 2.51. The van der Waals surface area contributed by atoms with Crippen LogP contribution in [-0.4, -0.2) is 49.0 Å². The van der Waals surface area contributed by atoms with Crippen LogP contribution in [-0.2, 0) is 25.6 Å². The molecule has 0 aromatic heterocycles. The number of ether oxygens (including phenoxy) is 4. The number of aliphatic hydroxyl groups is 1. The molecule has 5 heteroatoms. The van der Waals surface area contributed by atoms with E-state index in [1.165, 1.54) is 0 Å². The minimum atomic E-state index is -0.859. The van der Waals surface area contributed by atoms with Gasteiger partial charge in [0.05, 0.1) is 19.8 Å². The molecule has 5 unspecified atom stereocenters. The second-order valence-corrected chi connectivity index (χ2v) is 5.21. The van der Waals surface area contributed by atoms with Crippen LogP contribution in [0, 0.1) is 0 Å². The summed E-state index contributed by atoms with van der Waals surface area (Å²) in [6.45, 7) is 4.85. The van der Waals surface area contributed by atoms with Crippen LogP contribution in [0.2, 0.25) is 0 Å². The van der Waals surface area contributed by atoms with Gasteiger partial charge < -0.3 is 24.1 Å². The Morgan fingerprint density at radius 2 is 2.05 bits per heavy atom. The van der Waals surface area contributed by atoms with Crippen LogP contribution in [0.1, 0.15) is 5.56 Å². The van der Waals surface area contributed by atoms with Crippen molar-refractivity contribution in [1.29, 1.82) is 0 Å². The zero-order valence-electron chi connectivity index (χ0n) is 11.8. The Morgan fingerprint density at radius 3 is 2.81 bits per heavy atom. The van der Waals surface area contributed by atoms with Crippen LogP contribution in [0.4, 0.5) is 0 Å². The lowest BCUT2D eigenvalue weighted by molar-refractivity contribution is -0.250. The number of fused-ring (bicyclic) bond motifs is 2. The van der Waals surface area contributed by atoms with Crippen molar-refractivity contribution >= 4 is 0 Å². The van der Waals surface area contributed by atoms with E-state index in [-0.39, 0.29) is 12.2 Å². The Labute approximate surface area is 124 Å². The average molecular weight is 292 g/mol. The van der Waals surface area contributed by atoms with Gasteiger partial charge in [0.1, 0.15) is 24.4 Å². The largest absolute Gasteiger partial charge is 0.385 e. The van der Waals surface area contributed by atoms with E-state index in [2.05, 4.69) is 6.58 Å². The molecule has 114 valence electrons. The molecule has 5 nitrogen and oxygen atoms in total. The fraction of sp³-hybridized carbons (Fsp3) is 0.500. The van der Waals surface area contributed by atoms with Gasteiger partial charge in [-0.2, -0.15) is 0 Å². The quantitative estimate of drug-likeness (QED) is 0.800. The van der Waals surface area contributed by atoms with Gasteiger partial charge in [-0.1, -0.05) is 36.4 Å². The fourth-order valence-corrected chi connectivity index (χ4v) is 2.69. The molecule has 2 aliphatic rings. The highest BCUT2D eigenvalue weighted by molar-refractivity contribution is 5.13. The normalized spacial score (nSPS) is 34.8. The van der Waals surface area contributed by atoms with Gasteiger partial charge in [0.15, 0.2) is 6.29 Å². The van der Waals surface area contributed by atoms with Crippen molar-refractivity contribution in [3.8, 4) is 0 Å². The minimum Gasteiger partial charge on any atom is -0.385 e. The first-order valence-electron chi connectivity index (χ1n) is 7.13. The Kier molecular flexibility index (Phi) is 4.67. The summed E-state index contributed by atoms with van der Waals surface area (Å²) in [4.78, 5) is 0. The first kappa shape index (κ1) is 14.7. The maximum Gasteiger partial charge on any atom is 0.186 e. The van der Waals surface area contributed by atoms with E-state index in [0.29, 0.717) is 19.8 Å². The molecule has 0 radical (unpaired) electrons. The van der Waals surface area contributed by atoms with E-state index < -0.39 is 18.5 Å². The molecular formula is C16H20O5. The van der Waals surface area contributed by atoms with Crippen LogP contribution in [0.15, 0.2) is 43.0 Å². The molecular weight excluding hydrogens is 272 g/mol. The molecule has 5 atom stereocenters. The van der Waals surface area contributed by atoms with Gasteiger partial charge in [-0.05, 0) is 5.56 Å². The lowest BCUT2D eigenvalue weighted by atomic mass is 10.0. The topological polar surface area (TPSA) is 57.2 Å². The molecule has 1 aromatic rings. The van der Waals surface area contributed by atoms with Crippen molar-refractivity contribution in [3.05, 3.63) is 48.6 Å². The van der Waals surface area contributed by atoms with Crippen molar-refractivity contribution in [3.63, 3.8) is 0 Å². The maximum atomic E-state index is 10.3. The Balaban J connectivity index is 1.68. The molecule has 2 fully saturated rings. The van der Waals surface area contributed by atoms with Crippen LogP contribution in [0.3, 0.4) is 0 Å². The van der Waals surface area contributed by atoms with E-state index in [1.54, 1.807) is 6.08 Å². The third-order valence-electron chi connectivity index (χ3n) is 3.73. The molecule has 3 rings (SSSR count). The Hall–Kier alpha value is -1.24. The smallest absolute Gasteiger partial charge is 0.186 e. The molecule has 2 heterocycles. The van der Waals surface area contributed by atoms with Crippen molar-refractivity contribution in [2.75, 3.05) is 13.2 Å². The Bertz CT molecular complexity index is 463. The summed E-state index contributed by atoms with van der Waals surface area (Å²) in [7, 11) is 0. The first-order chi connectivity index (χ1) is 10.3. The third kappa shape index (κ3) is 3.17. The van der Waals surface area contributed by atoms with Crippen LogP contribution in [0.5, 0.6) is 0 Å². The molecule has 0 amide bonds. The van der Waals surface area contributed by atoms with Gasteiger partial charge in [-0.3, -0.25) is 0 Å². The van der Waals surface area contributed by atoms with Crippen molar-refractivity contribution in [2.45, 2.75) is 37.3 Å². The van der Waals surface area contributed by atoms with Gasteiger partial charge in [0, 0.05) is 0 Å². The van der Waals surface area contributed by atoms with Gasteiger partial charge in [0.2, 0.25) is 0 Å². The molecule has 21 heavy (non-hydrogen) atoms. The van der Waals surface area contributed by atoms with E-state index in [9.17, 15) is 5.11 Å². The second-order valence-electron chi connectivity index (χ2n) is 5.21. The zero-order chi connectivity index (χ0) is 14.7. The molecule has 2 aliphatic heterocycles. The van der Waals surface area contributed by atoms with E-state index in [0.717, 1.165) is 5.56 Å². The Morgan fingerprint density at radius 1 is 1.24 bits per heavy atom. The monoisotopic (exact) mass is 292 g/mol. The summed E-state index contributed by atoms with van der Waals surface area (Å²) in [5.74, 6) is 0. The fourth-order valence-electron chi connectivity index (χ4n) is 2.69. The summed E-state index contributed by atoms with van der Waals surface area (Å²) in [5.41, 5.74) is 1.05. The highest BCUT2D eigenvalue weighted by Crippen LogP contribution is 2.32. The maximum absolute atomic E-state index is 10.3. The van der Waals surface area contributed by atoms with Gasteiger partial charge >= 0.3 is 0 Å². The third-order valence-corrected chi connectivity index (χ3v) is 3.73. The van der Waals surface area contributed by atoms with Crippen molar-refractivity contribution in [1.82, 2.24) is 0 Å². The molecule has 0 saturated carbocycles. The molecule has 1 N–H and O–H groups in total. The highest BCUT2D eigenvalue weighted by atomic mass is 16.7. The van der Waals surface area contributed by atoms with Gasteiger partial charge in [-0.25, -0.2) is 0 Å². The van der Waals surface area contributed by atoms with Crippen LogP contribution in [0.25, 0.3) is 0 Å². The van der Waals surface area contributed by atoms with Crippen LogP contribution >= 0.6 is 0 Å². The molecule has 1 aromatic carbocycles. The van der Waals surface area contributed by atoms with Gasteiger partial charge in [0.25, 0.3) is 0 Å². The summed E-state index contributed by atoms with van der Waals surface area (Å²) in [6, 6.07) is 9.83. The standard InChI is InChI=1S/C16H20O5/c1-2-8-18-14-12-10-20-16(21-12)13(17)15(14)19-9-11-6-4-3-5-7-11/h2-7,12-17H,1,8-10H2. The zero-order valence-corrected chi connectivity index (χ0v) is 11.8. The predicted octanol–water partition coefficient (Wildman–Crippen LogP) is 1.26. The summed E-state index contributed by atoms with van der Waals surface area (Å²) in [6.07, 6.45) is -0.861. The molecule has 0 aliphatic carbocycles. The van der Waals surface area contributed by atoms with E-state index >= 15 is 0 Å². The summed E-state index contributed by atoms with van der Waals surface area (Å²) < 4.78 is 22.6. The van der Waals surface area contributed by atoms with E-state index in [4.69, 9.17) is 18.9 Å². The summed E-state index contributed by atoms with van der Waals surface area (Å²) >= 11 is 0. The molecule has 2 bridgehead atoms. The summed E-state index contributed by atoms with van der Waals surface area (Å²) in [5, 5.41) is 10.3. The first-order valence-corrected chi connectivity index (χ1v) is 7.13. The average Bonchev–Trinajstić information content (AvgIpc) is 2.96.